The van der Waals surface area contributed by atoms with Gasteiger partial charge in [0.15, 0.2) is 0 Å². The first-order valence-electron chi connectivity index (χ1n) is 5.65. The lowest BCUT2D eigenvalue weighted by Gasteiger charge is -2.22. The van der Waals surface area contributed by atoms with Gasteiger partial charge in [-0.1, -0.05) is 0 Å². The molecule has 0 bridgehead atoms. The van der Waals surface area contributed by atoms with Crippen LogP contribution in [0.3, 0.4) is 0 Å². The lowest BCUT2D eigenvalue weighted by atomic mass is 10.1. The van der Waals surface area contributed by atoms with Gasteiger partial charge in [-0.2, -0.15) is 0 Å². The van der Waals surface area contributed by atoms with Crippen LogP contribution < -0.4 is 11.1 Å². The van der Waals surface area contributed by atoms with Crippen LogP contribution >= 0.6 is 0 Å². The van der Waals surface area contributed by atoms with Gasteiger partial charge in [-0.15, -0.1) is 0 Å². The maximum atomic E-state index is 11.5. The molecule has 1 atom stereocenters. The molecule has 16 heavy (non-hydrogen) atoms. The molecular formula is C11H21N3O2. The molecule has 1 unspecified atom stereocenters. The SMILES string of the molecule is CC(C)(C)NC(=O)CCN1CCC(N)C1=O. The van der Waals surface area contributed by atoms with Crippen molar-refractivity contribution in [1.82, 2.24) is 10.2 Å². The first-order chi connectivity index (χ1) is 7.29. The van der Waals surface area contributed by atoms with Gasteiger partial charge in [0.2, 0.25) is 11.8 Å². The van der Waals surface area contributed by atoms with Gasteiger partial charge in [-0.3, -0.25) is 9.59 Å². The monoisotopic (exact) mass is 227 g/mol. The second-order valence-corrected chi connectivity index (χ2v) is 5.27. The molecule has 92 valence electrons. The Bertz CT molecular complexity index is 283. The first-order valence-corrected chi connectivity index (χ1v) is 5.65. The highest BCUT2D eigenvalue weighted by Gasteiger charge is 2.28. The summed E-state index contributed by atoms with van der Waals surface area (Å²) in [7, 11) is 0. The number of rotatable bonds is 3. The molecule has 0 aromatic heterocycles. The summed E-state index contributed by atoms with van der Waals surface area (Å²) in [6.45, 7) is 6.93. The van der Waals surface area contributed by atoms with E-state index in [1.807, 2.05) is 20.8 Å². The molecule has 1 aliphatic rings. The summed E-state index contributed by atoms with van der Waals surface area (Å²) in [5, 5.41) is 2.86. The Kier molecular flexibility index (Phi) is 3.91. The Morgan fingerprint density at radius 1 is 1.56 bits per heavy atom. The van der Waals surface area contributed by atoms with Crippen LogP contribution in [0.15, 0.2) is 0 Å². The van der Waals surface area contributed by atoms with Crippen molar-refractivity contribution in [3.63, 3.8) is 0 Å². The van der Waals surface area contributed by atoms with E-state index in [4.69, 9.17) is 5.73 Å². The van der Waals surface area contributed by atoms with Crippen molar-refractivity contribution >= 4 is 11.8 Å². The van der Waals surface area contributed by atoms with Crippen LogP contribution in [0.5, 0.6) is 0 Å². The zero-order valence-electron chi connectivity index (χ0n) is 10.2. The molecular weight excluding hydrogens is 206 g/mol. The van der Waals surface area contributed by atoms with E-state index < -0.39 is 0 Å². The van der Waals surface area contributed by atoms with Crippen molar-refractivity contribution < 1.29 is 9.59 Å². The van der Waals surface area contributed by atoms with Crippen LogP contribution in [-0.4, -0.2) is 41.4 Å². The number of hydrogen-bond donors (Lipinski definition) is 2. The fraction of sp³-hybridized carbons (Fsp3) is 0.818. The predicted octanol–water partition coefficient (Wildman–Crippen LogP) is -0.149. The maximum absolute atomic E-state index is 11.5. The number of nitrogens with one attached hydrogen (secondary N) is 1. The van der Waals surface area contributed by atoms with Gasteiger partial charge in [0.05, 0.1) is 6.04 Å². The average Bonchev–Trinajstić information content (AvgIpc) is 2.42. The molecule has 1 heterocycles. The summed E-state index contributed by atoms with van der Waals surface area (Å²) in [6.07, 6.45) is 1.04. The van der Waals surface area contributed by atoms with Gasteiger partial charge < -0.3 is 16.0 Å². The van der Waals surface area contributed by atoms with Gasteiger partial charge >= 0.3 is 0 Å². The van der Waals surface area contributed by atoms with Gasteiger partial charge in [-0.25, -0.2) is 0 Å². The largest absolute Gasteiger partial charge is 0.351 e. The number of carbonyl (C=O) groups is 2. The number of nitrogens with zero attached hydrogens (tertiary/aromatic N) is 1. The summed E-state index contributed by atoms with van der Waals surface area (Å²) >= 11 is 0. The maximum Gasteiger partial charge on any atom is 0.239 e. The van der Waals surface area contributed by atoms with Crippen molar-refractivity contribution in [3.05, 3.63) is 0 Å². The molecule has 1 saturated heterocycles. The molecule has 1 aliphatic heterocycles. The molecule has 0 aromatic carbocycles. The van der Waals surface area contributed by atoms with Crippen LogP contribution in [-0.2, 0) is 9.59 Å². The predicted molar refractivity (Wildman–Crippen MR) is 61.7 cm³/mol. The van der Waals surface area contributed by atoms with Gasteiger partial charge in [0.25, 0.3) is 0 Å². The number of nitrogens with two attached hydrogens (primary N) is 1. The third kappa shape index (κ3) is 3.81. The van der Waals surface area contributed by atoms with E-state index >= 15 is 0 Å². The normalized spacial score (nSPS) is 21.4. The van der Waals surface area contributed by atoms with E-state index in [1.165, 1.54) is 0 Å². The molecule has 5 heteroatoms. The number of amides is 2. The average molecular weight is 227 g/mol. The lowest BCUT2D eigenvalue weighted by Crippen LogP contribution is -2.42. The minimum absolute atomic E-state index is 0.0271. The van der Waals surface area contributed by atoms with Crippen molar-refractivity contribution in [3.8, 4) is 0 Å². The summed E-state index contributed by atoms with van der Waals surface area (Å²) in [4.78, 5) is 24.7. The van der Waals surface area contributed by atoms with E-state index in [-0.39, 0.29) is 23.4 Å². The molecule has 0 aliphatic carbocycles. The zero-order chi connectivity index (χ0) is 12.3. The fourth-order valence-electron chi connectivity index (χ4n) is 1.70. The summed E-state index contributed by atoms with van der Waals surface area (Å²) in [5.74, 6) is -0.0654. The Hall–Kier alpha value is -1.10. The molecule has 2 amide bonds. The van der Waals surface area contributed by atoms with Crippen LogP contribution in [0, 0.1) is 0 Å². The molecule has 3 N–H and O–H groups in total. The molecule has 5 nitrogen and oxygen atoms in total. The van der Waals surface area contributed by atoms with Gasteiger partial charge in [-0.05, 0) is 27.2 Å². The van der Waals surface area contributed by atoms with Crippen LogP contribution in [0.1, 0.15) is 33.6 Å². The Balaban J connectivity index is 2.30. The molecule has 0 aromatic rings. The second-order valence-electron chi connectivity index (χ2n) is 5.27. The Morgan fingerprint density at radius 2 is 2.19 bits per heavy atom. The van der Waals surface area contributed by atoms with Crippen LogP contribution in [0.25, 0.3) is 0 Å². The fourth-order valence-corrected chi connectivity index (χ4v) is 1.70. The molecule has 0 radical (unpaired) electrons. The molecule has 1 rings (SSSR count). The van der Waals surface area contributed by atoms with Crippen LogP contribution in [0.2, 0.25) is 0 Å². The standard InChI is InChI=1S/C11H21N3O2/c1-11(2,3)13-9(15)5-7-14-6-4-8(12)10(14)16/h8H,4-7,12H2,1-3H3,(H,13,15). The molecule has 0 saturated carbocycles. The Morgan fingerprint density at radius 3 is 2.62 bits per heavy atom. The zero-order valence-corrected chi connectivity index (χ0v) is 10.2. The topological polar surface area (TPSA) is 75.4 Å². The van der Waals surface area contributed by atoms with Gasteiger partial charge in [0, 0.05) is 25.0 Å². The highest BCUT2D eigenvalue weighted by Crippen LogP contribution is 2.09. The number of carbonyl (C=O) groups excluding carboxylic acids is 2. The third-order valence-electron chi connectivity index (χ3n) is 2.46. The van der Waals surface area contributed by atoms with E-state index in [1.54, 1.807) is 4.90 Å². The smallest absolute Gasteiger partial charge is 0.239 e. The van der Waals surface area contributed by atoms with E-state index in [9.17, 15) is 9.59 Å². The van der Waals surface area contributed by atoms with E-state index in [0.29, 0.717) is 25.9 Å². The van der Waals surface area contributed by atoms with Crippen molar-refractivity contribution in [2.24, 2.45) is 5.73 Å². The van der Waals surface area contributed by atoms with E-state index in [0.717, 1.165) is 0 Å². The van der Waals surface area contributed by atoms with Gasteiger partial charge in [0.1, 0.15) is 0 Å². The summed E-state index contributed by atoms with van der Waals surface area (Å²) < 4.78 is 0. The Labute approximate surface area is 96.4 Å². The van der Waals surface area contributed by atoms with E-state index in [2.05, 4.69) is 5.32 Å². The first kappa shape index (κ1) is 13.0. The minimum Gasteiger partial charge on any atom is -0.351 e. The summed E-state index contributed by atoms with van der Waals surface area (Å²) in [6, 6.07) is -0.370. The van der Waals surface area contributed by atoms with Crippen molar-refractivity contribution in [2.45, 2.75) is 45.2 Å². The quantitative estimate of drug-likeness (QED) is 0.704. The summed E-state index contributed by atoms with van der Waals surface area (Å²) in [5.41, 5.74) is 5.37. The second kappa shape index (κ2) is 4.82. The number of hydrogen-bond acceptors (Lipinski definition) is 3. The van der Waals surface area contributed by atoms with Crippen molar-refractivity contribution in [2.75, 3.05) is 13.1 Å². The molecule has 0 spiro atoms. The van der Waals surface area contributed by atoms with Crippen molar-refractivity contribution in [1.29, 1.82) is 0 Å². The highest BCUT2D eigenvalue weighted by atomic mass is 16.2. The highest BCUT2D eigenvalue weighted by molar-refractivity contribution is 5.84. The number of likely N-dealkylation sites (tertiary alicyclic amines) is 1. The lowest BCUT2D eigenvalue weighted by molar-refractivity contribution is -0.129. The molecule has 1 fully saturated rings. The van der Waals surface area contributed by atoms with Crippen LogP contribution in [0.4, 0.5) is 0 Å². The minimum atomic E-state index is -0.370. The third-order valence-corrected chi connectivity index (χ3v) is 2.46.